The zero-order valence-corrected chi connectivity index (χ0v) is 21.3. The normalized spacial score (nSPS) is 17.5. The van der Waals surface area contributed by atoms with Crippen molar-refractivity contribution in [2.75, 3.05) is 38.2 Å². The molecular weight excluding hydrogens is 484 g/mol. The number of methoxy groups -OCH3 is 1. The summed E-state index contributed by atoms with van der Waals surface area (Å²) in [7, 11) is 1.59. The fourth-order valence-electron chi connectivity index (χ4n) is 4.86. The zero-order chi connectivity index (χ0) is 25.4. The Bertz CT molecular complexity index is 1470. The van der Waals surface area contributed by atoms with Gasteiger partial charge in [0.05, 0.1) is 35.1 Å². The second-order valence-corrected chi connectivity index (χ2v) is 10.2. The van der Waals surface area contributed by atoms with Crippen LogP contribution in [0.2, 0.25) is 0 Å². The predicted octanol–water partition coefficient (Wildman–Crippen LogP) is 4.65. The molecule has 0 unspecified atom stereocenters. The molecule has 0 spiro atoms. The molecule has 0 bridgehead atoms. The minimum absolute atomic E-state index is 0.314. The van der Waals surface area contributed by atoms with Crippen LogP contribution in [0.1, 0.15) is 20.9 Å². The van der Waals surface area contributed by atoms with E-state index < -0.39 is 0 Å². The van der Waals surface area contributed by atoms with Crippen molar-refractivity contribution in [1.29, 1.82) is 0 Å². The van der Waals surface area contributed by atoms with Crippen molar-refractivity contribution < 1.29 is 14.3 Å². The van der Waals surface area contributed by atoms with Gasteiger partial charge in [-0.15, -0.1) is 11.3 Å². The smallest absolute Gasteiger partial charge is 0.267 e. The first-order valence-corrected chi connectivity index (χ1v) is 13.1. The largest absolute Gasteiger partial charge is 0.497 e. The van der Waals surface area contributed by atoms with Crippen LogP contribution in [-0.4, -0.2) is 59.9 Å². The molecule has 2 aliphatic heterocycles. The second-order valence-electron chi connectivity index (χ2n) is 9.12. The van der Waals surface area contributed by atoms with Gasteiger partial charge in [-0.3, -0.25) is 14.5 Å². The quantitative estimate of drug-likeness (QED) is 0.288. The van der Waals surface area contributed by atoms with Crippen molar-refractivity contribution in [2.45, 2.75) is 6.54 Å². The molecule has 1 aromatic heterocycles. The number of imide groups is 1. The van der Waals surface area contributed by atoms with E-state index in [0.717, 1.165) is 43.2 Å². The number of fused-ring (bicyclic) bond motifs is 2. The molecule has 0 radical (unpaired) electrons. The van der Waals surface area contributed by atoms with Gasteiger partial charge in [-0.1, -0.05) is 30.3 Å². The van der Waals surface area contributed by atoms with Gasteiger partial charge in [0.15, 0.2) is 0 Å². The molecule has 7 nitrogen and oxygen atoms in total. The van der Waals surface area contributed by atoms with Gasteiger partial charge in [0, 0.05) is 43.5 Å². The number of piperazine rings is 1. The number of carbonyl (C=O) groups excluding carboxylic acids is 2. The highest BCUT2D eigenvalue weighted by Crippen LogP contribution is 2.33. The number of para-hydroxylation sites is 1. The average molecular weight is 511 g/mol. The molecule has 1 saturated heterocycles. The molecule has 2 aliphatic rings. The molecule has 4 aromatic rings. The number of aromatic nitrogens is 1. The maximum absolute atomic E-state index is 13.7. The fraction of sp³-hybridized carbons (Fsp3) is 0.207. The summed E-state index contributed by atoms with van der Waals surface area (Å²) in [5, 5.41) is 1.12. The number of anilines is 1. The van der Waals surface area contributed by atoms with Crippen LogP contribution in [0.25, 0.3) is 15.8 Å². The van der Waals surface area contributed by atoms with Crippen LogP contribution in [0, 0.1) is 0 Å². The van der Waals surface area contributed by atoms with Crippen LogP contribution >= 0.6 is 11.3 Å². The number of amides is 2. The molecule has 0 atom stereocenters. The van der Waals surface area contributed by atoms with Gasteiger partial charge >= 0.3 is 0 Å². The molecule has 0 N–H and O–H groups in total. The maximum atomic E-state index is 13.7. The first-order chi connectivity index (χ1) is 18.1. The average Bonchev–Trinajstić information content (AvgIpc) is 3.35. The van der Waals surface area contributed by atoms with E-state index in [1.807, 2.05) is 36.5 Å². The van der Waals surface area contributed by atoms with Crippen LogP contribution in [0.5, 0.6) is 5.75 Å². The van der Waals surface area contributed by atoms with Crippen LogP contribution in [0.4, 0.5) is 5.69 Å². The number of nitrogens with zero attached hydrogens (tertiary/aromatic N) is 4. The Morgan fingerprint density at radius 1 is 0.865 bits per heavy atom. The Labute approximate surface area is 219 Å². The number of hydrogen-bond donors (Lipinski definition) is 0. The van der Waals surface area contributed by atoms with Crippen LogP contribution in [0.3, 0.4) is 0 Å². The Kier molecular flexibility index (Phi) is 6.20. The van der Waals surface area contributed by atoms with Crippen molar-refractivity contribution in [3.8, 4) is 5.75 Å². The third-order valence-corrected chi connectivity index (χ3v) is 7.85. The third kappa shape index (κ3) is 4.50. The number of hydrogen-bond acceptors (Lipinski definition) is 7. The molecule has 3 aromatic carbocycles. The summed E-state index contributed by atoms with van der Waals surface area (Å²) in [6, 6.07) is 22.5. The van der Waals surface area contributed by atoms with Gasteiger partial charge in [0.25, 0.3) is 11.8 Å². The summed E-state index contributed by atoms with van der Waals surface area (Å²) in [5.74, 6) is 0.0369. The van der Waals surface area contributed by atoms with Crippen molar-refractivity contribution in [2.24, 2.45) is 0 Å². The monoisotopic (exact) mass is 510 g/mol. The number of ether oxygens (including phenoxy) is 1. The minimum Gasteiger partial charge on any atom is -0.497 e. The molecule has 6 rings (SSSR count). The zero-order valence-electron chi connectivity index (χ0n) is 20.5. The van der Waals surface area contributed by atoms with Crippen LogP contribution in [-0.2, 0) is 11.3 Å². The predicted molar refractivity (Wildman–Crippen MR) is 146 cm³/mol. The Hall–Kier alpha value is -4.01. The van der Waals surface area contributed by atoms with E-state index in [1.54, 1.807) is 48.8 Å². The van der Waals surface area contributed by atoms with E-state index in [-0.39, 0.29) is 11.8 Å². The van der Waals surface area contributed by atoms with E-state index >= 15 is 0 Å². The summed E-state index contributed by atoms with van der Waals surface area (Å²) in [5.41, 5.74) is 3.32. The van der Waals surface area contributed by atoms with Gasteiger partial charge in [-0.25, -0.2) is 9.88 Å². The summed E-state index contributed by atoms with van der Waals surface area (Å²) >= 11 is 1.75. The molecule has 1 fully saturated rings. The summed E-state index contributed by atoms with van der Waals surface area (Å²) in [4.78, 5) is 37.6. The highest BCUT2D eigenvalue weighted by molar-refractivity contribution is 7.18. The topological polar surface area (TPSA) is 66.0 Å². The Morgan fingerprint density at radius 2 is 1.57 bits per heavy atom. The van der Waals surface area contributed by atoms with E-state index in [9.17, 15) is 9.59 Å². The Balaban J connectivity index is 1.22. The van der Waals surface area contributed by atoms with Gasteiger partial charge in [0.1, 0.15) is 10.8 Å². The fourth-order valence-corrected chi connectivity index (χ4v) is 5.87. The van der Waals surface area contributed by atoms with Crippen molar-refractivity contribution in [3.05, 3.63) is 95.1 Å². The molecule has 2 amide bonds. The Morgan fingerprint density at radius 3 is 2.30 bits per heavy atom. The lowest BCUT2D eigenvalue weighted by molar-refractivity contribution is -0.112. The van der Waals surface area contributed by atoms with E-state index in [4.69, 9.17) is 9.72 Å². The van der Waals surface area contributed by atoms with Gasteiger partial charge in [-0.05, 0) is 42.5 Å². The summed E-state index contributed by atoms with van der Waals surface area (Å²) < 4.78 is 6.45. The SMILES string of the molecule is COc1ccc(N2C(=O)C(=CN3CCN(Cc4nc5ccccc5s4)CC3)c3ccccc3C2=O)cc1. The standard InChI is InChI=1S/C29H26N4O3S/c1-36-21-12-10-20(11-13-21)33-28(34)23-7-3-2-6-22(23)24(29(33)35)18-31-14-16-32(17-15-31)19-27-30-25-8-4-5-9-26(25)37-27/h2-13,18H,14-17,19H2,1H3. The lowest BCUT2D eigenvalue weighted by Gasteiger charge is -2.35. The second kappa shape index (κ2) is 9.80. The molecular formula is C29H26N4O3S. The van der Waals surface area contributed by atoms with Crippen LogP contribution in [0.15, 0.2) is 79.0 Å². The molecule has 8 heteroatoms. The number of benzene rings is 3. The first kappa shape index (κ1) is 23.4. The molecule has 0 saturated carbocycles. The summed E-state index contributed by atoms with van der Waals surface area (Å²) in [6.45, 7) is 4.15. The van der Waals surface area contributed by atoms with Crippen molar-refractivity contribution >= 4 is 44.6 Å². The van der Waals surface area contributed by atoms with Gasteiger partial charge in [-0.2, -0.15) is 0 Å². The molecule has 3 heterocycles. The van der Waals surface area contributed by atoms with E-state index in [1.165, 1.54) is 9.60 Å². The lowest BCUT2D eigenvalue weighted by atomic mass is 9.93. The van der Waals surface area contributed by atoms with Crippen molar-refractivity contribution in [3.63, 3.8) is 0 Å². The van der Waals surface area contributed by atoms with Crippen LogP contribution < -0.4 is 9.64 Å². The molecule has 186 valence electrons. The highest BCUT2D eigenvalue weighted by atomic mass is 32.1. The van der Waals surface area contributed by atoms with E-state index in [0.29, 0.717) is 28.1 Å². The summed E-state index contributed by atoms with van der Waals surface area (Å²) in [6.07, 6.45) is 1.93. The van der Waals surface area contributed by atoms with Gasteiger partial charge < -0.3 is 9.64 Å². The molecule has 37 heavy (non-hydrogen) atoms. The lowest BCUT2D eigenvalue weighted by Crippen LogP contribution is -2.45. The third-order valence-electron chi connectivity index (χ3n) is 6.83. The van der Waals surface area contributed by atoms with E-state index in [2.05, 4.69) is 21.9 Å². The van der Waals surface area contributed by atoms with Gasteiger partial charge in [0.2, 0.25) is 0 Å². The first-order valence-electron chi connectivity index (χ1n) is 12.3. The number of rotatable bonds is 5. The maximum Gasteiger partial charge on any atom is 0.267 e. The highest BCUT2D eigenvalue weighted by Gasteiger charge is 2.36. The van der Waals surface area contributed by atoms with Crippen molar-refractivity contribution in [1.82, 2.24) is 14.8 Å². The minimum atomic E-state index is -0.316. The number of carbonyl (C=O) groups is 2. The molecule has 0 aliphatic carbocycles. The number of thiazole rings is 1.